The summed E-state index contributed by atoms with van der Waals surface area (Å²) in [6.45, 7) is 6.53. The van der Waals surface area contributed by atoms with E-state index in [2.05, 4.69) is 35.5 Å². The van der Waals surface area contributed by atoms with E-state index < -0.39 is 0 Å². The van der Waals surface area contributed by atoms with Gasteiger partial charge in [0, 0.05) is 12.5 Å². The lowest BCUT2D eigenvalue weighted by Crippen LogP contribution is -2.12. The maximum Gasteiger partial charge on any atom is 0.225 e. The van der Waals surface area contributed by atoms with Crippen LogP contribution in [0.3, 0.4) is 0 Å². The van der Waals surface area contributed by atoms with Gasteiger partial charge in [-0.05, 0) is 24.4 Å². The molecule has 0 spiro atoms. The fraction of sp³-hybridized carbons (Fsp3) is 0.833. The van der Waals surface area contributed by atoms with Crippen molar-refractivity contribution in [2.24, 2.45) is 0 Å². The lowest BCUT2D eigenvalue weighted by Gasteiger charge is -2.19. The second kappa shape index (κ2) is 6.89. The lowest BCUT2D eigenvalue weighted by molar-refractivity contribution is 0.406. The largest absolute Gasteiger partial charge is 0.299 e. The molecule has 1 aromatic heterocycles. The third-order valence-electron chi connectivity index (χ3n) is 2.92. The van der Waals surface area contributed by atoms with Crippen LogP contribution in [0.5, 0.6) is 0 Å². The Morgan fingerprint density at radius 3 is 2.44 bits per heavy atom. The number of rotatable bonds is 7. The van der Waals surface area contributed by atoms with Gasteiger partial charge in [0.05, 0.1) is 0 Å². The first-order chi connectivity index (χ1) is 7.74. The quantitative estimate of drug-likeness (QED) is 0.724. The molecule has 0 aromatic carbocycles. The molecular formula is C12H22ClN3. The molecule has 4 heteroatoms. The smallest absolute Gasteiger partial charge is 0.225 e. The van der Waals surface area contributed by atoms with Crippen molar-refractivity contribution in [1.82, 2.24) is 14.8 Å². The summed E-state index contributed by atoms with van der Waals surface area (Å²) in [5.41, 5.74) is 0. The van der Waals surface area contributed by atoms with Crippen molar-refractivity contribution in [1.29, 1.82) is 0 Å². The number of unbranched alkanes of at least 4 members (excludes halogenated alkanes) is 1. The van der Waals surface area contributed by atoms with Gasteiger partial charge in [0.1, 0.15) is 5.82 Å². The summed E-state index contributed by atoms with van der Waals surface area (Å²) in [6, 6.07) is 0.474. The Labute approximate surface area is 103 Å². The molecule has 0 bridgehead atoms. The van der Waals surface area contributed by atoms with Crippen LogP contribution >= 0.6 is 11.6 Å². The Balaban J connectivity index is 2.85. The fourth-order valence-electron chi connectivity index (χ4n) is 2.08. The summed E-state index contributed by atoms with van der Waals surface area (Å²) in [5, 5.41) is 8.65. The molecule has 0 saturated carbocycles. The van der Waals surface area contributed by atoms with E-state index in [1.165, 1.54) is 25.7 Å². The SMILES string of the molecule is CCCCC(CCC)n1c(Cl)nnc1CC. The molecule has 0 saturated heterocycles. The van der Waals surface area contributed by atoms with E-state index in [9.17, 15) is 0 Å². The number of aryl methyl sites for hydroxylation is 1. The highest BCUT2D eigenvalue weighted by Gasteiger charge is 2.17. The third-order valence-corrected chi connectivity index (χ3v) is 3.18. The zero-order valence-corrected chi connectivity index (χ0v) is 11.3. The van der Waals surface area contributed by atoms with Crippen LogP contribution in [-0.2, 0) is 6.42 Å². The van der Waals surface area contributed by atoms with Crippen molar-refractivity contribution in [3.8, 4) is 0 Å². The molecule has 16 heavy (non-hydrogen) atoms. The van der Waals surface area contributed by atoms with Crippen LogP contribution in [-0.4, -0.2) is 14.8 Å². The van der Waals surface area contributed by atoms with Crippen molar-refractivity contribution in [3.63, 3.8) is 0 Å². The third kappa shape index (κ3) is 3.21. The van der Waals surface area contributed by atoms with Crippen LogP contribution in [0, 0.1) is 0 Å². The van der Waals surface area contributed by atoms with Crippen molar-refractivity contribution in [3.05, 3.63) is 11.1 Å². The normalized spacial score (nSPS) is 13.0. The van der Waals surface area contributed by atoms with E-state index in [1.54, 1.807) is 0 Å². The Hall–Kier alpha value is -0.570. The van der Waals surface area contributed by atoms with E-state index in [0.29, 0.717) is 11.3 Å². The number of nitrogens with zero attached hydrogens (tertiary/aromatic N) is 3. The summed E-state index contributed by atoms with van der Waals surface area (Å²) >= 11 is 6.12. The predicted octanol–water partition coefficient (Wildman–Crippen LogP) is 4.03. The van der Waals surface area contributed by atoms with Crippen LogP contribution in [0.4, 0.5) is 0 Å². The average molecular weight is 244 g/mol. The molecular weight excluding hydrogens is 222 g/mol. The first-order valence-corrected chi connectivity index (χ1v) is 6.71. The Morgan fingerprint density at radius 1 is 1.12 bits per heavy atom. The molecule has 0 radical (unpaired) electrons. The molecule has 0 aliphatic heterocycles. The van der Waals surface area contributed by atoms with Crippen molar-refractivity contribution >= 4 is 11.6 Å². The summed E-state index contributed by atoms with van der Waals surface area (Å²) < 4.78 is 2.13. The number of aromatic nitrogens is 3. The Bertz CT molecular complexity index is 309. The van der Waals surface area contributed by atoms with Gasteiger partial charge in [-0.25, -0.2) is 0 Å². The average Bonchev–Trinajstić information content (AvgIpc) is 2.66. The maximum absolute atomic E-state index is 6.12. The van der Waals surface area contributed by atoms with Gasteiger partial charge >= 0.3 is 0 Å². The van der Waals surface area contributed by atoms with Crippen LogP contribution in [0.2, 0.25) is 5.28 Å². The van der Waals surface area contributed by atoms with Crippen LogP contribution < -0.4 is 0 Å². The van der Waals surface area contributed by atoms with Gasteiger partial charge in [-0.2, -0.15) is 0 Å². The summed E-state index contributed by atoms with van der Waals surface area (Å²) in [6.07, 6.45) is 6.86. The van der Waals surface area contributed by atoms with Crippen LogP contribution in [0.1, 0.15) is 64.7 Å². The van der Waals surface area contributed by atoms with E-state index in [1.807, 2.05) is 0 Å². The molecule has 92 valence electrons. The number of halogens is 1. The van der Waals surface area contributed by atoms with Gasteiger partial charge in [-0.3, -0.25) is 4.57 Å². The molecule has 1 atom stereocenters. The van der Waals surface area contributed by atoms with Crippen molar-refractivity contribution in [2.75, 3.05) is 0 Å². The summed E-state index contributed by atoms with van der Waals surface area (Å²) in [4.78, 5) is 0. The molecule has 0 amide bonds. The molecule has 1 aromatic rings. The van der Waals surface area contributed by atoms with Crippen LogP contribution in [0.25, 0.3) is 0 Å². The molecule has 0 aliphatic carbocycles. The van der Waals surface area contributed by atoms with E-state index in [0.717, 1.165) is 18.7 Å². The molecule has 1 unspecified atom stereocenters. The minimum Gasteiger partial charge on any atom is -0.299 e. The van der Waals surface area contributed by atoms with E-state index in [4.69, 9.17) is 11.6 Å². The van der Waals surface area contributed by atoms with Gasteiger partial charge in [0.15, 0.2) is 0 Å². The molecule has 3 nitrogen and oxygen atoms in total. The minimum atomic E-state index is 0.474. The van der Waals surface area contributed by atoms with Gasteiger partial charge in [0.25, 0.3) is 0 Å². The fourth-order valence-corrected chi connectivity index (χ4v) is 2.35. The van der Waals surface area contributed by atoms with Gasteiger partial charge in [0.2, 0.25) is 5.28 Å². The second-order valence-corrected chi connectivity index (χ2v) is 4.53. The maximum atomic E-state index is 6.12. The minimum absolute atomic E-state index is 0.474. The van der Waals surface area contributed by atoms with Gasteiger partial charge in [-0.15, -0.1) is 10.2 Å². The predicted molar refractivity (Wildman–Crippen MR) is 67.9 cm³/mol. The molecule has 0 N–H and O–H groups in total. The first kappa shape index (κ1) is 13.5. The van der Waals surface area contributed by atoms with E-state index in [-0.39, 0.29) is 0 Å². The second-order valence-electron chi connectivity index (χ2n) is 4.19. The zero-order chi connectivity index (χ0) is 12.0. The Morgan fingerprint density at radius 2 is 1.88 bits per heavy atom. The number of hydrogen-bond donors (Lipinski definition) is 0. The first-order valence-electron chi connectivity index (χ1n) is 6.33. The lowest BCUT2D eigenvalue weighted by atomic mass is 10.0. The molecule has 1 heterocycles. The van der Waals surface area contributed by atoms with Crippen LogP contribution in [0.15, 0.2) is 0 Å². The van der Waals surface area contributed by atoms with Gasteiger partial charge < -0.3 is 0 Å². The number of hydrogen-bond acceptors (Lipinski definition) is 2. The van der Waals surface area contributed by atoms with Crippen molar-refractivity contribution in [2.45, 2.75) is 65.3 Å². The molecule has 1 rings (SSSR count). The highest BCUT2D eigenvalue weighted by atomic mass is 35.5. The highest BCUT2D eigenvalue weighted by molar-refractivity contribution is 6.28. The van der Waals surface area contributed by atoms with Crippen molar-refractivity contribution < 1.29 is 0 Å². The standard InChI is InChI=1S/C12H22ClN3/c1-4-7-9-10(8-5-2)16-11(6-3)14-15-12(16)13/h10H,4-9H2,1-3H3. The summed E-state index contributed by atoms with van der Waals surface area (Å²) in [5.74, 6) is 1.01. The summed E-state index contributed by atoms with van der Waals surface area (Å²) in [7, 11) is 0. The monoisotopic (exact) mass is 243 g/mol. The van der Waals surface area contributed by atoms with E-state index >= 15 is 0 Å². The molecule has 0 fully saturated rings. The molecule has 0 aliphatic rings. The highest BCUT2D eigenvalue weighted by Crippen LogP contribution is 2.26. The zero-order valence-electron chi connectivity index (χ0n) is 10.5. The topological polar surface area (TPSA) is 30.7 Å². The Kier molecular flexibility index (Phi) is 5.81. The van der Waals surface area contributed by atoms with Gasteiger partial charge in [-0.1, -0.05) is 40.0 Å².